The molecule has 49 valence electrons. The Kier molecular flexibility index (Phi) is 1.14. The van der Waals surface area contributed by atoms with Crippen LogP contribution in [0.25, 0.3) is 10.9 Å². The SMILES string of the molecule is Clc1n[nH]c2c[c]ccc12. The van der Waals surface area contributed by atoms with E-state index in [1.165, 1.54) is 0 Å². The zero-order valence-corrected chi connectivity index (χ0v) is 5.81. The minimum Gasteiger partial charge on any atom is -0.276 e. The first-order valence-corrected chi connectivity index (χ1v) is 3.25. The van der Waals surface area contributed by atoms with Crippen LogP contribution in [0.4, 0.5) is 0 Å². The number of halogens is 1. The molecule has 0 saturated heterocycles. The lowest BCUT2D eigenvalue weighted by molar-refractivity contribution is 1.12. The molecule has 0 aliphatic carbocycles. The van der Waals surface area contributed by atoms with Crippen molar-refractivity contribution in [3.8, 4) is 0 Å². The number of nitrogens with zero attached hydrogens (tertiary/aromatic N) is 1. The molecule has 0 spiro atoms. The highest BCUT2D eigenvalue weighted by Gasteiger charge is 1.98. The summed E-state index contributed by atoms with van der Waals surface area (Å²) in [5.41, 5.74) is 0.924. The smallest absolute Gasteiger partial charge is 0.158 e. The first-order valence-electron chi connectivity index (χ1n) is 2.87. The molecule has 1 heterocycles. The fourth-order valence-electron chi connectivity index (χ4n) is 0.872. The summed E-state index contributed by atoms with van der Waals surface area (Å²) in [5.74, 6) is 0. The van der Waals surface area contributed by atoms with Crippen molar-refractivity contribution >= 4 is 22.5 Å². The second-order valence-electron chi connectivity index (χ2n) is 1.99. The molecule has 1 radical (unpaired) electrons. The largest absolute Gasteiger partial charge is 0.276 e. The molecule has 10 heavy (non-hydrogen) atoms. The number of nitrogens with one attached hydrogen (secondary N) is 1. The summed E-state index contributed by atoms with van der Waals surface area (Å²) in [4.78, 5) is 0. The number of fused-ring (bicyclic) bond motifs is 1. The van der Waals surface area contributed by atoms with Crippen molar-refractivity contribution in [1.82, 2.24) is 10.2 Å². The molecular weight excluding hydrogens is 148 g/mol. The van der Waals surface area contributed by atoms with Gasteiger partial charge < -0.3 is 0 Å². The predicted octanol–water partition coefficient (Wildman–Crippen LogP) is 2.02. The van der Waals surface area contributed by atoms with Crippen molar-refractivity contribution in [2.75, 3.05) is 0 Å². The van der Waals surface area contributed by atoms with E-state index >= 15 is 0 Å². The van der Waals surface area contributed by atoms with Crippen LogP contribution in [0.5, 0.6) is 0 Å². The van der Waals surface area contributed by atoms with Gasteiger partial charge in [0.2, 0.25) is 0 Å². The van der Waals surface area contributed by atoms with E-state index in [0.717, 1.165) is 10.9 Å². The van der Waals surface area contributed by atoms with Crippen molar-refractivity contribution in [2.45, 2.75) is 0 Å². The summed E-state index contributed by atoms with van der Waals surface area (Å²) < 4.78 is 0. The summed E-state index contributed by atoms with van der Waals surface area (Å²) in [6, 6.07) is 8.42. The van der Waals surface area contributed by atoms with Crippen molar-refractivity contribution in [3.05, 3.63) is 29.4 Å². The highest BCUT2D eigenvalue weighted by Crippen LogP contribution is 2.18. The molecule has 0 aliphatic rings. The summed E-state index contributed by atoms with van der Waals surface area (Å²) in [7, 11) is 0. The van der Waals surface area contributed by atoms with E-state index in [0.29, 0.717) is 5.15 Å². The van der Waals surface area contributed by atoms with Crippen molar-refractivity contribution in [3.63, 3.8) is 0 Å². The maximum absolute atomic E-state index is 5.72. The Labute approximate surface area is 62.8 Å². The fourth-order valence-corrected chi connectivity index (χ4v) is 1.08. The van der Waals surface area contributed by atoms with Crippen LogP contribution in [-0.4, -0.2) is 10.2 Å². The van der Waals surface area contributed by atoms with Gasteiger partial charge in [-0.15, -0.1) is 0 Å². The summed E-state index contributed by atoms with van der Waals surface area (Å²) in [6.45, 7) is 0. The Morgan fingerprint density at radius 2 is 2.50 bits per heavy atom. The third-order valence-electron chi connectivity index (χ3n) is 1.36. The molecule has 2 rings (SSSR count). The van der Waals surface area contributed by atoms with Crippen LogP contribution in [0, 0.1) is 6.07 Å². The third-order valence-corrected chi connectivity index (χ3v) is 1.65. The Balaban J connectivity index is 2.93. The number of hydrogen-bond acceptors (Lipinski definition) is 1. The van der Waals surface area contributed by atoms with Crippen molar-refractivity contribution in [1.29, 1.82) is 0 Å². The maximum Gasteiger partial charge on any atom is 0.158 e. The lowest BCUT2D eigenvalue weighted by Crippen LogP contribution is -1.64. The van der Waals surface area contributed by atoms with E-state index in [-0.39, 0.29) is 0 Å². The summed E-state index contributed by atoms with van der Waals surface area (Å²) >= 11 is 5.72. The maximum atomic E-state index is 5.72. The van der Waals surface area contributed by atoms with Gasteiger partial charge in [0.05, 0.1) is 5.52 Å². The van der Waals surface area contributed by atoms with E-state index < -0.39 is 0 Å². The van der Waals surface area contributed by atoms with E-state index in [9.17, 15) is 0 Å². The van der Waals surface area contributed by atoms with E-state index in [4.69, 9.17) is 11.6 Å². The minimum atomic E-state index is 0.518. The van der Waals surface area contributed by atoms with E-state index in [2.05, 4.69) is 16.3 Å². The number of aromatic amines is 1. The number of aromatic nitrogens is 2. The number of hydrogen-bond donors (Lipinski definition) is 1. The molecular formula is C7H4ClN2. The average Bonchev–Trinajstić information content (AvgIpc) is 2.34. The average molecular weight is 152 g/mol. The second kappa shape index (κ2) is 1.99. The monoisotopic (exact) mass is 151 g/mol. The van der Waals surface area contributed by atoms with Gasteiger partial charge in [-0.2, -0.15) is 5.10 Å². The first kappa shape index (κ1) is 5.74. The van der Waals surface area contributed by atoms with Crippen LogP contribution in [0.2, 0.25) is 5.15 Å². The van der Waals surface area contributed by atoms with E-state index in [1.807, 2.05) is 18.2 Å². The van der Waals surface area contributed by atoms with Crippen LogP contribution >= 0.6 is 11.6 Å². The van der Waals surface area contributed by atoms with Crippen LogP contribution in [0.15, 0.2) is 18.2 Å². The molecule has 2 aromatic rings. The Hall–Kier alpha value is -1.02. The van der Waals surface area contributed by atoms with Gasteiger partial charge in [-0.1, -0.05) is 17.7 Å². The first-order chi connectivity index (χ1) is 4.88. The highest BCUT2D eigenvalue weighted by atomic mass is 35.5. The van der Waals surface area contributed by atoms with Crippen LogP contribution < -0.4 is 0 Å². The standard InChI is InChI=1S/C7H4ClN2/c8-7-5-3-1-2-4-6(5)9-10-7/h1,3-4H,(H,9,10). The van der Waals surface area contributed by atoms with E-state index in [1.54, 1.807) is 0 Å². The van der Waals surface area contributed by atoms with Gasteiger partial charge in [-0.25, -0.2) is 0 Å². The quantitative estimate of drug-likeness (QED) is 0.613. The van der Waals surface area contributed by atoms with Crippen molar-refractivity contribution < 1.29 is 0 Å². The van der Waals surface area contributed by atoms with Gasteiger partial charge in [0, 0.05) is 5.39 Å². The number of H-pyrrole nitrogens is 1. The molecule has 1 N–H and O–H groups in total. The molecule has 0 bridgehead atoms. The molecule has 0 amide bonds. The number of rotatable bonds is 0. The summed E-state index contributed by atoms with van der Waals surface area (Å²) in [5, 5.41) is 8.05. The topological polar surface area (TPSA) is 28.7 Å². The zero-order chi connectivity index (χ0) is 6.97. The fraction of sp³-hybridized carbons (Fsp3) is 0. The second-order valence-corrected chi connectivity index (χ2v) is 2.34. The van der Waals surface area contributed by atoms with Crippen LogP contribution in [-0.2, 0) is 0 Å². The Morgan fingerprint density at radius 3 is 3.30 bits per heavy atom. The zero-order valence-electron chi connectivity index (χ0n) is 5.06. The van der Waals surface area contributed by atoms with Gasteiger partial charge in [0.1, 0.15) is 0 Å². The molecule has 3 heteroatoms. The van der Waals surface area contributed by atoms with Crippen LogP contribution in [0.3, 0.4) is 0 Å². The van der Waals surface area contributed by atoms with Gasteiger partial charge in [-0.05, 0) is 18.2 Å². The van der Waals surface area contributed by atoms with Gasteiger partial charge in [0.25, 0.3) is 0 Å². The predicted molar refractivity (Wildman–Crippen MR) is 39.9 cm³/mol. The Bertz CT molecular complexity index is 353. The van der Waals surface area contributed by atoms with Crippen LogP contribution in [0.1, 0.15) is 0 Å². The lowest BCUT2D eigenvalue weighted by atomic mass is 10.3. The third kappa shape index (κ3) is 0.693. The molecule has 0 saturated carbocycles. The van der Waals surface area contributed by atoms with Gasteiger partial charge in [-0.3, -0.25) is 5.10 Å². The highest BCUT2D eigenvalue weighted by molar-refractivity contribution is 6.34. The van der Waals surface area contributed by atoms with Crippen molar-refractivity contribution in [2.24, 2.45) is 0 Å². The molecule has 0 unspecified atom stereocenters. The molecule has 0 fully saturated rings. The lowest BCUT2D eigenvalue weighted by Gasteiger charge is -1.82. The number of benzene rings is 1. The minimum absolute atomic E-state index is 0.518. The molecule has 0 atom stereocenters. The molecule has 0 aliphatic heterocycles. The summed E-state index contributed by atoms with van der Waals surface area (Å²) in [6.07, 6.45) is 0. The molecule has 1 aromatic heterocycles. The molecule has 2 nitrogen and oxygen atoms in total. The van der Waals surface area contributed by atoms with Gasteiger partial charge >= 0.3 is 0 Å². The Morgan fingerprint density at radius 1 is 1.60 bits per heavy atom. The van der Waals surface area contributed by atoms with Gasteiger partial charge in [0.15, 0.2) is 5.15 Å². The normalized spacial score (nSPS) is 10.5. The molecule has 1 aromatic carbocycles.